The lowest BCUT2D eigenvalue weighted by Crippen LogP contribution is -2.47. The number of nitrogens with two attached hydrogens (primary N) is 1. The summed E-state index contributed by atoms with van der Waals surface area (Å²) >= 11 is 0. The van der Waals surface area contributed by atoms with Gasteiger partial charge in [-0.05, 0) is 43.4 Å². The maximum absolute atomic E-state index is 14.9. The number of rotatable bonds is 7. The molecule has 9 nitrogen and oxygen atoms in total. The van der Waals surface area contributed by atoms with Crippen LogP contribution in [0.4, 0.5) is 10.1 Å². The van der Waals surface area contributed by atoms with Gasteiger partial charge in [0.25, 0.3) is 5.56 Å². The quantitative estimate of drug-likeness (QED) is 0.368. The number of benzene rings is 2. The Morgan fingerprint density at radius 3 is 2.42 bits per heavy atom. The highest BCUT2D eigenvalue weighted by atomic mass is 19.1. The summed E-state index contributed by atoms with van der Waals surface area (Å²) in [6, 6.07) is 13.4. The molecule has 210 valence electrons. The summed E-state index contributed by atoms with van der Waals surface area (Å²) < 4.78 is 18.0. The van der Waals surface area contributed by atoms with Gasteiger partial charge in [0.1, 0.15) is 11.3 Å². The molecule has 0 saturated carbocycles. The number of likely N-dealkylation sites (tertiary alicyclic amines) is 1. The van der Waals surface area contributed by atoms with Crippen LogP contribution >= 0.6 is 0 Å². The molecule has 0 radical (unpaired) electrons. The van der Waals surface area contributed by atoms with Crippen LogP contribution in [0.2, 0.25) is 0 Å². The summed E-state index contributed by atoms with van der Waals surface area (Å²) in [5, 5.41) is 15.8. The molecule has 40 heavy (non-hydrogen) atoms. The van der Waals surface area contributed by atoms with Crippen molar-refractivity contribution in [3.05, 3.63) is 76.1 Å². The summed E-state index contributed by atoms with van der Waals surface area (Å²) in [5.74, 6) is -0.179. The van der Waals surface area contributed by atoms with Crippen LogP contribution in [0.3, 0.4) is 0 Å². The second-order valence-electron chi connectivity index (χ2n) is 11.2. The number of aliphatic hydroxyl groups is 1. The first-order valence-corrected chi connectivity index (χ1v) is 14.0. The fourth-order valence-corrected chi connectivity index (χ4v) is 6.01. The van der Waals surface area contributed by atoms with Gasteiger partial charge in [0.05, 0.1) is 24.2 Å². The minimum atomic E-state index is -1.05. The highest BCUT2D eigenvalue weighted by molar-refractivity contribution is 5.89. The van der Waals surface area contributed by atoms with Gasteiger partial charge in [-0.3, -0.25) is 18.9 Å². The van der Waals surface area contributed by atoms with Crippen molar-refractivity contribution in [3.63, 3.8) is 0 Å². The van der Waals surface area contributed by atoms with E-state index in [0.29, 0.717) is 50.1 Å². The molecule has 0 bridgehead atoms. The van der Waals surface area contributed by atoms with E-state index in [-0.39, 0.29) is 23.4 Å². The Morgan fingerprint density at radius 1 is 1.02 bits per heavy atom. The van der Waals surface area contributed by atoms with E-state index in [1.807, 2.05) is 36.4 Å². The predicted molar refractivity (Wildman–Crippen MR) is 153 cm³/mol. The van der Waals surface area contributed by atoms with E-state index in [4.69, 9.17) is 5.73 Å². The van der Waals surface area contributed by atoms with Crippen molar-refractivity contribution in [2.24, 2.45) is 12.8 Å². The molecule has 0 atom stereocenters. The Labute approximate surface area is 232 Å². The second kappa shape index (κ2) is 10.8. The number of anilines is 1. The van der Waals surface area contributed by atoms with Crippen LogP contribution in [0.15, 0.2) is 53.6 Å². The third-order valence-electron chi connectivity index (χ3n) is 8.43. The number of halogens is 1. The van der Waals surface area contributed by atoms with E-state index >= 15 is 0 Å². The molecule has 2 aliphatic rings. The smallest absolute Gasteiger partial charge is 0.281 e. The van der Waals surface area contributed by atoms with Crippen molar-refractivity contribution in [2.75, 3.05) is 31.1 Å². The van der Waals surface area contributed by atoms with Crippen LogP contribution < -0.4 is 16.2 Å². The minimum Gasteiger partial charge on any atom is -0.388 e. The SMILES string of the molecule is Cn1nc2c(=O)n(CC3(O)CCN(Cc4ccc(N5CCCC5)cc4F)CC3)cnc2c1-c1ccc(CN)cc1. The molecule has 0 spiro atoms. The van der Waals surface area contributed by atoms with Crippen molar-refractivity contribution >= 4 is 16.7 Å². The molecule has 2 aromatic heterocycles. The first-order valence-electron chi connectivity index (χ1n) is 14.0. The van der Waals surface area contributed by atoms with Crippen LogP contribution in [-0.4, -0.2) is 61.1 Å². The molecule has 2 saturated heterocycles. The van der Waals surface area contributed by atoms with Gasteiger partial charge in [-0.25, -0.2) is 9.37 Å². The lowest BCUT2D eigenvalue weighted by atomic mass is 9.91. The van der Waals surface area contributed by atoms with Crippen LogP contribution in [0.5, 0.6) is 0 Å². The number of aryl methyl sites for hydroxylation is 1. The Hall–Kier alpha value is -3.60. The summed E-state index contributed by atoms with van der Waals surface area (Å²) in [5.41, 5.74) is 9.50. The molecule has 4 heterocycles. The Bertz CT molecular complexity index is 1570. The summed E-state index contributed by atoms with van der Waals surface area (Å²) in [6.07, 6.45) is 4.77. The Kier molecular flexibility index (Phi) is 7.16. The number of aromatic nitrogens is 4. The number of hydrogen-bond acceptors (Lipinski definition) is 7. The lowest BCUT2D eigenvalue weighted by molar-refractivity contribution is -0.0366. The summed E-state index contributed by atoms with van der Waals surface area (Å²) in [6.45, 7) is 4.29. The standard InChI is InChI=1S/C30H36FN7O2/c1-35-28(22-6-4-21(17-32)5-7-22)26-27(34-35)29(39)38(20-33-26)19-30(40)10-14-36(15-11-30)18-23-8-9-24(16-25(23)31)37-12-2-3-13-37/h4-9,16,20,40H,2-3,10-15,17-19,32H2,1H3. The molecule has 2 fully saturated rings. The Morgan fingerprint density at radius 2 is 1.75 bits per heavy atom. The number of fused-ring (bicyclic) bond motifs is 1. The fourth-order valence-electron chi connectivity index (χ4n) is 6.01. The van der Waals surface area contributed by atoms with Gasteiger partial charge in [-0.15, -0.1) is 0 Å². The minimum absolute atomic E-state index is 0.138. The van der Waals surface area contributed by atoms with Crippen molar-refractivity contribution in [3.8, 4) is 11.3 Å². The van der Waals surface area contributed by atoms with E-state index in [1.165, 1.54) is 10.9 Å². The van der Waals surface area contributed by atoms with Gasteiger partial charge >= 0.3 is 0 Å². The molecule has 10 heteroatoms. The monoisotopic (exact) mass is 545 g/mol. The first-order chi connectivity index (χ1) is 19.3. The molecule has 2 aromatic carbocycles. The van der Waals surface area contributed by atoms with Crippen molar-refractivity contribution in [2.45, 2.75) is 50.9 Å². The first kappa shape index (κ1) is 26.6. The number of hydrogen-bond donors (Lipinski definition) is 2. The van der Waals surface area contributed by atoms with Gasteiger partial charge in [-0.1, -0.05) is 30.3 Å². The van der Waals surface area contributed by atoms with E-state index < -0.39 is 5.60 Å². The van der Waals surface area contributed by atoms with Crippen LogP contribution in [0, 0.1) is 5.82 Å². The molecule has 3 N–H and O–H groups in total. The zero-order chi connectivity index (χ0) is 27.9. The van der Waals surface area contributed by atoms with E-state index in [2.05, 4.69) is 19.9 Å². The van der Waals surface area contributed by atoms with Gasteiger partial charge in [-0.2, -0.15) is 5.10 Å². The third-order valence-corrected chi connectivity index (χ3v) is 8.43. The maximum Gasteiger partial charge on any atom is 0.281 e. The highest BCUT2D eigenvalue weighted by Crippen LogP contribution is 2.29. The van der Waals surface area contributed by atoms with Gasteiger partial charge in [0, 0.05) is 63.1 Å². The largest absolute Gasteiger partial charge is 0.388 e. The second-order valence-corrected chi connectivity index (χ2v) is 11.2. The number of piperidine rings is 1. The average molecular weight is 546 g/mol. The molecule has 0 amide bonds. The molecular formula is C30H36FN7O2. The maximum atomic E-state index is 14.9. The predicted octanol–water partition coefficient (Wildman–Crippen LogP) is 3.02. The van der Waals surface area contributed by atoms with Crippen LogP contribution in [0.1, 0.15) is 36.8 Å². The van der Waals surface area contributed by atoms with Crippen LogP contribution in [-0.2, 0) is 26.7 Å². The zero-order valence-electron chi connectivity index (χ0n) is 22.9. The normalized spacial score (nSPS) is 17.6. The topological polar surface area (TPSA) is 105 Å². The van der Waals surface area contributed by atoms with Crippen molar-refractivity contribution in [1.29, 1.82) is 0 Å². The molecule has 4 aromatic rings. The zero-order valence-corrected chi connectivity index (χ0v) is 22.9. The van der Waals surface area contributed by atoms with Gasteiger partial charge in [0.2, 0.25) is 0 Å². The van der Waals surface area contributed by atoms with Crippen LogP contribution in [0.25, 0.3) is 22.3 Å². The van der Waals surface area contributed by atoms with E-state index in [9.17, 15) is 14.3 Å². The van der Waals surface area contributed by atoms with E-state index in [1.54, 1.807) is 17.8 Å². The molecule has 2 aliphatic heterocycles. The van der Waals surface area contributed by atoms with Crippen molar-refractivity contribution in [1.82, 2.24) is 24.2 Å². The van der Waals surface area contributed by atoms with Gasteiger partial charge < -0.3 is 15.7 Å². The summed E-state index contributed by atoms with van der Waals surface area (Å²) in [4.78, 5) is 22.3. The molecular weight excluding hydrogens is 509 g/mol. The molecule has 0 aliphatic carbocycles. The highest BCUT2D eigenvalue weighted by Gasteiger charge is 2.34. The van der Waals surface area contributed by atoms with Crippen molar-refractivity contribution < 1.29 is 9.50 Å². The Balaban J connectivity index is 1.13. The van der Waals surface area contributed by atoms with E-state index in [0.717, 1.165) is 48.4 Å². The molecule has 6 rings (SSSR count). The third kappa shape index (κ3) is 5.14. The average Bonchev–Trinajstić information content (AvgIpc) is 3.61. The molecule has 0 unspecified atom stereocenters. The fraction of sp³-hybridized carbons (Fsp3) is 0.433. The number of nitrogens with zero attached hydrogens (tertiary/aromatic N) is 6. The van der Waals surface area contributed by atoms with Gasteiger partial charge in [0.15, 0.2) is 5.52 Å². The summed E-state index contributed by atoms with van der Waals surface area (Å²) in [7, 11) is 1.80. The lowest BCUT2D eigenvalue weighted by Gasteiger charge is -2.38.